The van der Waals surface area contributed by atoms with Gasteiger partial charge in [-0.05, 0) is 38.9 Å². The molecule has 0 bridgehead atoms. The van der Waals surface area contributed by atoms with Gasteiger partial charge in [0.1, 0.15) is 0 Å². The zero-order valence-corrected chi connectivity index (χ0v) is 10.1. The summed E-state index contributed by atoms with van der Waals surface area (Å²) < 4.78 is 0. The Morgan fingerprint density at radius 2 is 2.27 bits per heavy atom. The maximum absolute atomic E-state index is 11.9. The molecule has 1 heterocycles. The normalized spacial score (nSPS) is 16.7. The lowest BCUT2D eigenvalue weighted by atomic mass is 9.92. The Morgan fingerprint density at radius 1 is 1.53 bits per heavy atom. The molecule has 82 valence electrons. The molecular formula is C12H17NOS. The predicted molar refractivity (Wildman–Crippen MR) is 63.7 cm³/mol. The highest BCUT2D eigenvalue weighted by Gasteiger charge is 2.23. The van der Waals surface area contributed by atoms with Crippen LogP contribution in [0.2, 0.25) is 0 Å². The number of hydrogen-bond acceptors (Lipinski definition) is 3. The van der Waals surface area contributed by atoms with Crippen LogP contribution in [0.1, 0.15) is 33.8 Å². The van der Waals surface area contributed by atoms with Gasteiger partial charge in [0.25, 0.3) is 0 Å². The van der Waals surface area contributed by atoms with Gasteiger partial charge >= 0.3 is 0 Å². The van der Waals surface area contributed by atoms with E-state index in [1.807, 2.05) is 19.1 Å². The summed E-state index contributed by atoms with van der Waals surface area (Å²) in [5, 5.41) is 0. The summed E-state index contributed by atoms with van der Waals surface area (Å²) in [6, 6.07) is 4.60. The van der Waals surface area contributed by atoms with Crippen LogP contribution in [-0.4, -0.2) is 30.3 Å². The van der Waals surface area contributed by atoms with Gasteiger partial charge in [-0.15, -0.1) is 11.3 Å². The second-order valence-electron chi connectivity index (χ2n) is 4.33. The third kappa shape index (κ3) is 2.47. The number of rotatable bonds is 4. The van der Waals surface area contributed by atoms with Gasteiger partial charge in [0.05, 0.1) is 11.4 Å². The van der Waals surface area contributed by atoms with E-state index in [2.05, 4.69) is 11.9 Å². The van der Waals surface area contributed by atoms with Crippen LogP contribution in [0, 0.1) is 6.92 Å². The number of Topliss-reactive ketones (excluding diaryl/α,β-unsaturated/α-hetero) is 1. The minimum Gasteiger partial charge on any atom is -0.296 e. The second kappa shape index (κ2) is 4.45. The molecular weight excluding hydrogens is 206 g/mol. The third-order valence-electron chi connectivity index (χ3n) is 3.11. The summed E-state index contributed by atoms with van der Waals surface area (Å²) in [5.74, 6) is 0.266. The quantitative estimate of drug-likeness (QED) is 0.731. The van der Waals surface area contributed by atoms with Crippen LogP contribution in [0.25, 0.3) is 0 Å². The van der Waals surface area contributed by atoms with Crippen LogP contribution >= 0.6 is 11.3 Å². The van der Waals surface area contributed by atoms with E-state index >= 15 is 0 Å². The van der Waals surface area contributed by atoms with E-state index in [0.29, 0.717) is 12.6 Å². The first-order valence-corrected chi connectivity index (χ1v) is 6.28. The highest BCUT2D eigenvalue weighted by atomic mass is 32.1. The molecule has 15 heavy (non-hydrogen) atoms. The number of carbonyl (C=O) groups is 1. The average Bonchev–Trinajstić information content (AvgIpc) is 2.48. The fourth-order valence-electron chi connectivity index (χ4n) is 1.85. The molecule has 1 aromatic heterocycles. The van der Waals surface area contributed by atoms with Gasteiger partial charge in [-0.25, -0.2) is 0 Å². The van der Waals surface area contributed by atoms with Crippen LogP contribution < -0.4 is 0 Å². The maximum atomic E-state index is 11.9. The standard InChI is InChI=1S/C12H17NOS/c1-9-6-7-12(15-9)11(14)8-13(2)10-4-3-5-10/h6-7,10H,3-5,8H2,1-2H3. The van der Waals surface area contributed by atoms with E-state index in [9.17, 15) is 4.79 Å². The highest BCUT2D eigenvalue weighted by molar-refractivity contribution is 7.14. The van der Waals surface area contributed by atoms with Crippen molar-refractivity contribution in [3.8, 4) is 0 Å². The lowest BCUT2D eigenvalue weighted by Crippen LogP contribution is -2.40. The Morgan fingerprint density at radius 3 is 2.73 bits per heavy atom. The summed E-state index contributed by atoms with van der Waals surface area (Å²) >= 11 is 1.60. The number of hydrogen-bond donors (Lipinski definition) is 0. The Labute approximate surface area is 94.9 Å². The number of aryl methyl sites for hydroxylation is 1. The third-order valence-corrected chi connectivity index (χ3v) is 4.15. The zero-order valence-electron chi connectivity index (χ0n) is 9.32. The number of thiophene rings is 1. The van der Waals surface area contributed by atoms with Gasteiger partial charge in [-0.2, -0.15) is 0 Å². The monoisotopic (exact) mass is 223 g/mol. The largest absolute Gasteiger partial charge is 0.296 e. The minimum atomic E-state index is 0.266. The summed E-state index contributed by atoms with van der Waals surface area (Å²) in [7, 11) is 2.06. The van der Waals surface area contributed by atoms with E-state index in [4.69, 9.17) is 0 Å². The van der Waals surface area contributed by atoms with Crippen molar-refractivity contribution in [2.24, 2.45) is 0 Å². The average molecular weight is 223 g/mol. The first-order valence-electron chi connectivity index (χ1n) is 5.46. The molecule has 2 nitrogen and oxygen atoms in total. The van der Waals surface area contributed by atoms with Crippen molar-refractivity contribution in [3.63, 3.8) is 0 Å². The van der Waals surface area contributed by atoms with E-state index in [-0.39, 0.29) is 5.78 Å². The van der Waals surface area contributed by atoms with Gasteiger partial charge in [0, 0.05) is 10.9 Å². The fourth-order valence-corrected chi connectivity index (χ4v) is 2.64. The topological polar surface area (TPSA) is 20.3 Å². The van der Waals surface area contributed by atoms with Crippen LogP contribution in [0.3, 0.4) is 0 Å². The maximum Gasteiger partial charge on any atom is 0.186 e. The molecule has 1 fully saturated rings. The lowest BCUT2D eigenvalue weighted by molar-refractivity contribution is 0.0874. The molecule has 0 amide bonds. The second-order valence-corrected chi connectivity index (χ2v) is 5.62. The first-order chi connectivity index (χ1) is 7.16. The van der Waals surface area contributed by atoms with Crippen LogP contribution in [0.15, 0.2) is 12.1 Å². The molecule has 0 saturated heterocycles. The van der Waals surface area contributed by atoms with E-state index in [0.717, 1.165) is 4.88 Å². The van der Waals surface area contributed by atoms with Gasteiger partial charge < -0.3 is 0 Å². The smallest absolute Gasteiger partial charge is 0.186 e. The number of likely N-dealkylation sites (N-methyl/N-ethyl adjacent to an activating group) is 1. The number of nitrogens with zero attached hydrogens (tertiary/aromatic N) is 1. The van der Waals surface area contributed by atoms with Crippen molar-refractivity contribution in [3.05, 3.63) is 21.9 Å². The van der Waals surface area contributed by atoms with Crippen molar-refractivity contribution in [1.29, 1.82) is 0 Å². The summed E-state index contributed by atoms with van der Waals surface area (Å²) in [5.41, 5.74) is 0. The van der Waals surface area contributed by atoms with Crippen LogP contribution in [0.4, 0.5) is 0 Å². The molecule has 3 heteroatoms. The molecule has 1 aliphatic carbocycles. The highest BCUT2D eigenvalue weighted by Crippen LogP contribution is 2.24. The first kappa shape index (κ1) is 10.8. The van der Waals surface area contributed by atoms with Crippen molar-refractivity contribution in [1.82, 2.24) is 4.90 Å². The Balaban J connectivity index is 1.91. The molecule has 2 rings (SSSR count). The molecule has 0 aliphatic heterocycles. The van der Waals surface area contributed by atoms with Gasteiger partial charge in [-0.3, -0.25) is 9.69 Å². The minimum absolute atomic E-state index is 0.266. The molecule has 0 radical (unpaired) electrons. The van der Waals surface area contributed by atoms with Crippen LogP contribution in [0.5, 0.6) is 0 Å². The Bertz CT molecular complexity index is 354. The van der Waals surface area contributed by atoms with Gasteiger partial charge in [0.2, 0.25) is 0 Å². The van der Waals surface area contributed by atoms with Crippen LogP contribution in [-0.2, 0) is 0 Å². The molecule has 0 aromatic carbocycles. The SMILES string of the molecule is Cc1ccc(C(=O)CN(C)C2CCC2)s1. The van der Waals surface area contributed by atoms with Gasteiger partial charge in [0.15, 0.2) is 5.78 Å². The molecule has 0 atom stereocenters. The molecule has 0 N–H and O–H groups in total. The molecule has 0 unspecified atom stereocenters. The lowest BCUT2D eigenvalue weighted by Gasteiger charge is -2.34. The van der Waals surface area contributed by atoms with Crippen molar-refractivity contribution in [2.45, 2.75) is 32.2 Å². The Kier molecular flexibility index (Phi) is 3.22. The fraction of sp³-hybridized carbons (Fsp3) is 0.583. The molecule has 1 aromatic rings. The molecule has 1 saturated carbocycles. The van der Waals surface area contributed by atoms with Gasteiger partial charge in [-0.1, -0.05) is 6.42 Å². The molecule has 0 spiro atoms. The van der Waals surface area contributed by atoms with E-state index in [1.54, 1.807) is 11.3 Å². The van der Waals surface area contributed by atoms with Crippen molar-refractivity contribution in [2.75, 3.05) is 13.6 Å². The zero-order chi connectivity index (χ0) is 10.8. The van der Waals surface area contributed by atoms with Crippen molar-refractivity contribution < 1.29 is 4.79 Å². The Hall–Kier alpha value is -0.670. The molecule has 1 aliphatic rings. The summed E-state index contributed by atoms with van der Waals surface area (Å²) in [4.78, 5) is 16.2. The van der Waals surface area contributed by atoms with Crippen molar-refractivity contribution >= 4 is 17.1 Å². The summed E-state index contributed by atoms with van der Waals surface area (Å²) in [6.45, 7) is 2.61. The van der Waals surface area contributed by atoms with E-state index in [1.165, 1.54) is 24.1 Å². The van der Waals surface area contributed by atoms with E-state index < -0.39 is 0 Å². The predicted octanol–water partition coefficient (Wildman–Crippen LogP) is 2.72. The number of ketones is 1. The number of carbonyl (C=O) groups excluding carboxylic acids is 1. The summed E-state index contributed by atoms with van der Waals surface area (Å²) in [6.07, 6.45) is 3.84.